The van der Waals surface area contributed by atoms with Crippen molar-refractivity contribution in [2.75, 3.05) is 0 Å². The summed E-state index contributed by atoms with van der Waals surface area (Å²) >= 11 is 0. The normalized spacial score (nSPS) is 12.2. The van der Waals surface area contributed by atoms with E-state index in [-0.39, 0.29) is 12.2 Å². The Balaban J connectivity index is 2.16. The Kier molecular flexibility index (Phi) is 2.29. The first-order valence-electron chi connectivity index (χ1n) is 4.26. The predicted octanol–water partition coefficient (Wildman–Crippen LogP) is 1.85. The van der Waals surface area contributed by atoms with Gasteiger partial charge in [-0.25, -0.2) is 15.0 Å². The summed E-state index contributed by atoms with van der Waals surface area (Å²) in [4.78, 5) is 14.2. The number of rotatable bonds is 2. The van der Waals surface area contributed by atoms with Crippen LogP contribution in [-0.4, -0.2) is 26.1 Å². The molecule has 7 heteroatoms. The number of aromatic amines is 1. The molecule has 0 spiro atoms. The van der Waals surface area contributed by atoms with Crippen LogP contribution in [0.1, 0.15) is 12.2 Å². The van der Waals surface area contributed by atoms with Gasteiger partial charge < -0.3 is 4.98 Å². The third-order valence-electron chi connectivity index (χ3n) is 1.86. The molecule has 2 rings (SSSR count). The first-order valence-corrected chi connectivity index (χ1v) is 4.26. The maximum Gasteiger partial charge on any atom is 0.389 e. The zero-order valence-corrected chi connectivity index (χ0v) is 7.54. The fraction of sp³-hybridized carbons (Fsp3) is 0.375. The minimum Gasteiger partial charge on any atom is -0.339 e. The molecule has 0 amide bonds. The topological polar surface area (TPSA) is 54.5 Å². The molecular formula is C8H7F3N4. The summed E-state index contributed by atoms with van der Waals surface area (Å²) in [6.45, 7) is 0. The first-order chi connectivity index (χ1) is 7.04. The molecule has 4 nitrogen and oxygen atoms in total. The van der Waals surface area contributed by atoms with Gasteiger partial charge in [0, 0.05) is 6.42 Å². The van der Waals surface area contributed by atoms with Crippen molar-refractivity contribution in [3.8, 4) is 0 Å². The van der Waals surface area contributed by atoms with Gasteiger partial charge in [-0.15, -0.1) is 0 Å². The maximum absolute atomic E-state index is 11.9. The number of halogens is 3. The van der Waals surface area contributed by atoms with Crippen molar-refractivity contribution in [3.63, 3.8) is 0 Å². The third-order valence-corrected chi connectivity index (χ3v) is 1.86. The summed E-state index contributed by atoms with van der Waals surface area (Å²) in [5.74, 6) is 0.280. The average Bonchev–Trinajstić information content (AvgIpc) is 2.56. The fourth-order valence-corrected chi connectivity index (χ4v) is 1.19. The van der Waals surface area contributed by atoms with Crippen molar-refractivity contribution >= 4 is 11.2 Å². The van der Waals surface area contributed by atoms with Gasteiger partial charge >= 0.3 is 6.18 Å². The lowest BCUT2D eigenvalue weighted by atomic mass is 10.3. The Morgan fingerprint density at radius 2 is 2.13 bits per heavy atom. The molecule has 0 aromatic carbocycles. The van der Waals surface area contributed by atoms with Crippen LogP contribution in [0.5, 0.6) is 0 Å². The van der Waals surface area contributed by atoms with Crippen molar-refractivity contribution in [2.45, 2.75) is 19.0 Å². The van der Waals surface area contributed by atoms with E-state index in [4.69, 9.17) is 0 Å². The van der Waals surface area contributed by atoms with Gasteiger partial charge in [-0.3, -0.25) is 0 Å². The SMILES string of the molecule is FC(F)(F)CCc1nc2ncncc2[nH]1. The second-order valence-corrected chi connectivity index (χ2v) is 3.06. The predicted molar refractivity (Wildman–Crippen MR) is 46.1 cm³/mol. The van der Waals surface area contributed by atoms with Crippen LogP contribution in [-0.2, 0) is 6.42 Å². The minimum absolute atomic E-state index is 0.167. The highest BCUT2D eigenvalue weighted by molar-refractivity contribution is 5.68. The molecule has 15 heavy (non-hydrogen) atoms. The molecule has 0 aliphatic carbocycles. The highest BCUT2D eigenvalue weighted by atomic mass is 19.4. The Labute approximate surface area is 82.6 Å². The number of nitrogens with zero attached hydrogens (tertiary/aromatic N) is 3. The van der Waals surface area contributed by atoms with Crippen LogP contribution in [0.25, 0.3) is 11.2 Å². The minimum atomic E-state index is -4.16. The Hall–Kier alpha value is -1.66. The summed E-state index contributed by atoms with van der Waals surface area (Å²) in [7, 11) is 0. The summed E-state index contributed by atoms with van der Waals surface area (Å²) in [6, 6.07) is 0. The Morgan fingerprint density at radius 1 is 1.33 bits per heavy atom. The summed E-state index contributed by atoms with van der Waals surface area (Å²) in [5, 5.41) is 0. The molecule has 0 bridgehead atoms. The van der Waals surface area contributed by atoms with Crippen LogP contribution < -0.4 is 0 Å². The van der Waals surface area contributed by atoms with Gasteiger partial charge in [0.15, 0.2) is 5.65 Å². The van der Waals surface area contributed by atoms with Gasteiger partial charge in [-0.05, 0) is 0 Å². The lowest BCUT2D eigenvalue weighted by Crippen LogP contribution is -2.09. The second kappa shape index (κ2) is 3.48. The molecule has 0 saturated heterocycles. The van der Waals surface area contributed by atoms with Crippen LogP contribution in [0.2, 0.25) is 0 Å². The molecule has 2 heterocycles. The fourth-order valence-electron chi connectivity index (χ4n) is 1.19. The average molecular weight is 216 g/mol. The molecule has 0 radical (unpaired) electrons. The number of imidazole rings is 1. The van der Waals surface area contributed by atoms with Crippen LogP contribution in [0.4, 0.5) is 13.2 Å². The number of fused-ring (bicyclic) bond motifs is 1. The molecule has 0 fully saturated rings. The van der Waals surface area contributed by atoms with Crippen molar-refractivity contribution in [1.29, 1.82) is 0 Å². The van der Waals surface area contributed by atoms with E-state index in [2.05, 4.69) is 19.9 Å². The number of alkyl halides is 3. The molecule has 0 unspecified atom stereocenters. The number of hydrogen-bond acceptors (Lipinski definition) is 3. The van der Waals surface area contributed by atoms with E-state index < -0.39 is 12.6 Å². The molecular weight excluding hydrogens is 209 g/mol. The highest BCUT2D eigenvalue weighted by Crippen LogP contribution is 2.21. The van der Waals surface area contributed by atoms with Crippen LogP contribution in [0.3, 0.4) is 0 Å². The first kappa shape index (κ1) is 9.88. The molecule has 2 aromatic heterocycles. The smallest absolute Gasteiger partial charge is 0.339 e. The zero-order valence-electron chi connectivity index (χ0n) is 7.54. The van der Waals surface area contributed by atoms with Gasteiger partial charge in [0.2, 0.25) is 0 Å². The zero-order chi connectivity index (χ0) is 10.9. The van der Waals surface area contributed by atoms with E-state index in [1.165, 1.54) is 12.5 Å². The monoisotopic (exact) mass is 216 g/mol. The number of H-pyrrole nitrogens is 1. The van der Waals surface area contributed by atoms with Crippen molar-refractivity contribution in [2.24, 2.45) is 0 Å². The summed E-state index contributed by atoms with van der Waals surface area (Å²) < 4.78 is 35.8. The van der Waals surface area contributed by atoms with Gasteiger partial charge in [-0.1, -0.05) is 0 Å². The van der Waals surface area contributed by atoms with E-state index in [1.54, 1.807) is 0 Å². The van der Waals surface area contributed by atoms with E-state index in [0.717, 1.165) is 0 Å². The van der Waals surface area contributed by atoms with E-state index in [1.807, 2.05) is 0 Å². The van der Waals surface area contributed by atoms with Crippen molar-refractivity contribution in [3.05, 3.63) is 18.3 Å². The third kappa shape index (κ3) is 2.42. The van der Waals surface area contributed by atoms with Gasteiger partial charge in [0.25, 0.3) is 0 Å². The molecule has 1 N–H and O–H groups in total. The lowest BCUT2D eigenvalue weighted by molar-refractivity contribution is -0.134. The molecule has 0 saturated carbocycles. The largest absolute Gasteiger partial charge is 0.389 e. The van der Waals surface area contributed by atoms with Crippen LogP contribution in [0, 0.1) is 0 Å². The van der Waals surface area contributed by atoms with E-state index >= 15 is 0 Å². The summed E-state index contributed by atoms with van der Waals surface area (Å²) in [5.41, 5.74) is 0.942. The highest BCUT2D eigenvalue weighted by Gasteiger charge is 2.27. The maximum atomic E-state index is 11.9. The van der Waals surface area contributed by atoms with Crippen LogP contribution in [0.15, 0.2) is 12.5 Å². The van der Waals surface area contributed by atoms with Gasteiger partial charge in [-0.2, -0.15) is 13.2 Å². The summed E-state index contributed by atoms with van der Waals surface area (Å²) in [6.07, 6.45) is -2.44. The number of nitrogens with one attached hydrogen (secondary N) is 1. The standard InChI is InChI=1S/C8H7F3N4/c9-8(10,11)2-1-6-14-5-3-12-4-13-7(5)15-6/h3-4H,1-2H2,(H,12,13,14,15). The van der Waals surface area contributed by atoms with E-state index in [9.17, 15) is 13.2 Å². The quantitative estimate of drug-likeness (QED) is 0.833. The molecule has 0 aliphatic rings. The molecule has 0 atom stereocenters. The molecule has 0 aliphatic heterocycles. The van der Waals surface area contributed by atoms with Gasteiger partial charge in [0.05, 0.1) is 12.6 Å². The second-order valence-electron chi connectivity index (χ2n) is 3.06. The molecule has 2 aromatic rings. The number of aromatic nitrogens is 4. The Morgan fingerprint density at radius 3 is 2.80 bits per heavy atom. The van der Waals surface area contributed by atoms with Crippen molar-refractivity contribution < 1.29 is 13.2 Å². The molecule has 80 valence electrons. The lowest BCUT2D eigenvalue weighted by Gasteiger charge is -2.02. The van der Waals surface area contributed by atoms with Crippen LogP contribution >= 0.6 is 0 Å². The van der Waals surface area contributed by atoms with E-state index in [0.29, 0.717) is 11.2 Å². The van der Waals surface area contributed by atoms with Gasteiger partial charge in [0.1, 0.15) is 17.7 Å². The van der Waals surface area contributed by atoms with Crippen molar-refractivity contribution in [1.82, 2.24) is 19.9 Å². The Bertz CT molecular complexity index is 429. The number of aryl methyl sites for hydroxylation is 1. The number of hydrogen-bond donors (Lipinski definition) is 1.